The van der Waals surface area contributed by atoms with Gasteiger partial charge in [-0.05, 0) is 46.1 Å². The molecule has 140 valence electrons. The maximum absolute atomic E-state index is 12.9. The number of H-pyrrole nitrogens is 1. The highest BCUT2D eigenvalue weighted by molar-refractivity contribution is 7.89. The van der Waals surface area contributed by atoms with E-state index in [1.807, 2.05) is 0 Å². The van der Waals surface area contributed by atoms with E-state index in [9.17, 15) is 13.2 Å². The van der Waals surface area contributed by atoms with Gasteiger partial charge in [-0.15, -0.1) is 0 Å². The minimum absolute atomic E-state index is 0.0470. The van der Waals surface area contributed by atoms with Crippen molar-refractivity contribution in [2.45, 2.75) is 50.5 Å². The summed E-state index contributed by atoms with van der Waals surface area (Å²) in [7, 11) is -3.63. The summed E-state index contributed by atoms with van der Waals surface area (Å²) in [6, 6.07) is 0.337. The van der Waals surface area contributed by atoms with Crippen LogP contribution in [0.5, 0.6) is 0 Å². The molecule has 0 saturated carbocycles. The van der Waals surface area contributed by atoms with Crippen LogP contribution in [0.3, 0.4) is 0 Å². The molecule has 2 saturated heterocycles. The number of aryl methyl sites for hydroxylation is 2. The van der Waals surface area contributed by atoms with E-state index in [1.54, 1.807) is 13.8 Å². The fourth-order valence-electron chi connectivity index (χ4n) is 3.72. The van der Waals surface area contributed by atoms with Gasteiger partial charge in [-0.2, -0.15) is 9.40 Å². The number of aromatic amines is 1. The second-order valence-electron chi connectivity index (χ2n) is 7.00. The average molecular weight is 369 g/mol. The van der Waals surface area contributed by atoms with Crippen LogP contribution in [0.1, 0.15) is 37.1 Å². The fourth-order valence-corrected chi connectivity index (χ4v) is 5.58. The van der Waals surface area contributed by atoms with E-state index in [2.05, 4.69) is 20.8 Å². The monoisotopic (exact) mass is 369 g/mol. The minimum Gasteiger partial charge on any atom is -0.354 e. The summed E-state index contributed by atoms with van der Waals surface area (Å²) in [6.07, 6.45) is 3.62. The van der Waals surface area contributed by atoms with Crippen molar-refractivity contribution in [1.29, 1.82) is 0 Å². The first kappa shape index (κ1) is 18.3. The van der Waals surface area contributed by atoms with Crippen molar-refractivity contribution < 1.29 is 13.2 Å². The molecule has 0 spiro atoms. The molecule has 1 aromatic rings. The van der Waals surface area contributed by atoms with Crippen molar-refractivity contribution in [2.24, 2.45) is 5.92 Å². The van der Waals surface area contributed by atoms with Crippen molar-refractivity contribution in [2.75, 3.05) is 26.2 Å². The molecule has 2 atom stereocenters. The number of aromatic nitrogens is 2. The molecule has 3 heterocycles. The Hall–Kier alpha value is -1.45. The van der Waals surface area contributed by atoms with Gasteiger partial charge in [0.05, 0.1) is 17.3 Å². The molecule has 3 rings (SSSR count). The molecule has 1 amide bonds. The van der Waals surface area contributed by atoms with Gasteiger partial charge in [0.2, 0.25) is 15.9 Å². The van der Waals surface area contributed by atoms with Crippen LogP contribution in [0, 0.1) is 19.8 Å². The Morgan fingerprint density at radius 3 is 2.76 bits per heavy atom. The third-order valence-corrected chi connectivity index (χ3v) is 7.23. The van der Waals surface area contributed by atoms with Gasteiger partial charge >= 0.3 is 0 Å². The topological polar surface area (TPSA) is 107 Å². The van der Waals surface area contributed by atoms with E-state index in [4.69, 9.17) is 0 Å². The van der Waals surface area contributed by atoms with Crippen molar-refractivity contribution in [1.82, 2.24) is 25.1 Å². The first-order valence-electron chi connectivity index (χ1n) is 8.92. The zero-order valence-electron chi connectivity index (χ0n) is 14.8. The summed E-state index contributed by atoms with van der Waals surface area (Å²) in [5, 5.41) is 13.0. The van der Waals surface area contributed by atoms with E-state index >= 15 is 0 Å². The standard InChI is InChI=1S/C16H27N5O3S/c1-11-15(12(2)20-19-11)25(23,24)21-8-4-5-13(10-21)16(22)18-9-14-6-3-7-17-14/h13-14,17H,3-10H2,1-2H3,(H,18,22)(H,19,20). The highest BCUT2D eigenvalue weighted by atomic mass is 32.2. The van der Waals surface area contributed by atoms with Crippen molar-refractivity contribution >= 4 is 15.9 Å². The summed E-state index contributed by atoms with van der Waals surface area (Å²) in [6.45, 7) is 5.67. The molecule has 2 aliphatic rings. The normalized spacial score (nSPS) is 25.2. The highest BCUT2D eigenvalue weighted by Crippen LogP contribution is 2.26. The van der Waals surface area contributed by atoms with Gasteiger partial charge in [0.1, 0.15) is 4.90 Å². The van der Waals surface area contributed by atoms with Gasteiger partial charge in [0.25, 0.3) is 0 Å². The molecule has 0 radical (unpaired) electrons. The van der Waals surface area contributed by atoms with Gasteiger partial charge in [-0.3, -0.25) is 9.89 Å². The number of carbonyl (C=O) groups excluding carboxylic acids is 1. The van der Waals surface area contributed by atoms with Gasteiger partial charge in [-0.1, -0.05) is 0 Å². The third kappa shape index (κ3) is 3.88. The van der Waals surface area contributed by atoms with Crippen molar-refractivity contribution in [3.05, 3.63) is 11.4 Å². The Labute approximate surface area is 148 Å². The van der Waals surface area contributed by atoms with Gasteiger partial charge in [0, 0.05) is 25.7 Å². The van der Waals surface area contributed by atoms with Crippen LogP contribution in [-0.4, -0.2) is 61.0 Å². The molecule has 2 aliphatic heterocycles. The number of sulfonamides is 1. The van der Waals surface area contributed by atoms with Crippen molar-refractivity contribution in [3.63, 3.8) is 0 Å². The van der Waals surface area contributed by atoms with Gasteiger partial charge < -0.3 is 10.6 Å². The van der Waals surface area contributed by atoms with E-state index in [0.717, 1.165) is 25.8 Å². The van der Waals surface area contributed by atoms with Crippen LogP contribution >= 0.6 is 0 Å². The van der Waals surface area contributed by atoms with E-state index in [1.165, 1.54) is 4.31 Å². The molecular weight excluding hydrogens is 342 g/mol. The Morgan fingerprint density at radius 2 is 2.12 bits per heavy atom. The molecular formula is C16H27N5O3S. The van der Waals surface area contributed by atoms with Crippen molar-refractivity contribution in [3.8, 4) is 0 Å². The van der Waals surface area contributed by atoms with Crippen LogP contribution in [0.2, 0.25) is 0 Å². The number of amides is 1. The van der Waals surface area contributed by atoms with Crippen LogP contribution in [-0.2, 0) is 14.8 Å². The Kier molecular flexibility index (Phi) is 5.45. The minimum atomic E-state index is -3.63. The van der Waals surface area contributed by atoms with Crippen LogP contribution in [0.25, 0.3) is 0 Å². The molecule has 9 heteroatoms. The smallest absolute Gasteiger partial charge is 0.246 e. The fraction of sp³-hybridized carbons (Fsp3) is 0.750. The molecule has 1 aromatic heterocycles. The predicted molar refractivity (Wildman–Crippen MR) is 93.6 cm³/mol. The van der Waals surface area contributed by atoms with Crippen LogP contribution < -0.4 is 10.6 Å². The predicted octanol–water partition coefficient (Wildman–Crippen LogP) is 0.295. The van der Waals surface area contributed by atoms with Crippen LogP contribution in [0.15, 0.2) is 4.90 Å². The number of hydrogen-bond donors (Lipinski definition) is 3. The second kappa shape index (κ2) is 7.43. The molecule has 25 heavy (non-hydrogen) atoms. The molecule has 0 aromatic carbocycles. The van der Waals surface area contributed by atoms with Gasteiger partial charge in [0.15, 0.2) is 0 Å². The second-order valence-corrected chi connectivity index (χ2v) is 8.88. The summed E-state index contributed by atoms with van der Waals surface area (Å²) >= 11 is 0. The third-order valence-electron chi connectivity index (χ3n) is 5.10. The van der Waals surface area contributed by atoms with Gasteiger partial charge in [-0.25, -0.2) is 8.42 Å². The Morgan fingerprint density at radius 1 is 1.32 bits per heavy atom. The molecule has 3 N–H and O–H groups in total. The molecule has 0 aliphatic carbocycles. The first-order valence-corrected chi connectivity index (χ1v) is 10.4. The molecule has 8 nitrogen and oxygen atoms in total. The van der Waals surface area contributed by atoms with E-state index in [0.29, 0.717) is 36.9 Å². The van der Waals surface area contributed by atoms with E-state index in [-0.39, 0.29) is 23.3 Å². The Bertz CT molecular complexity index is 705. The lowest BCUT2D eigenvalue weighted by Crippen LogP contribution is -2.47. The maximum Gasteiger partial charge on any atom is 0.246 e. The lowest BCUT2D eigenvalue weighted by molar-refractivity contribution is -0.126. The van der Waals surface area contributed by atoms with E-state index < -0.39 is 10.0 Å². The Balaban J connectivity index is 1.65. The summed E-state index contributed by atoms with van der Waals surface area (Å²) < 4.78 is 27.3. The quantitative estimate of drug-likeness (QED) is 0.692. The number of carbonyl (C=O) groups is 1. The lowest BCUT2D eigenvalue weighted by Gasteiger charge is -2.31. The SMILES string of the molecule is Cc1n[nH]c(C)c1S(=O)(=O)N1CCCC(C(=O)NCC2CCCN2)C1. The summed E-state index contributed by atoms with van der Waals surface area (Å²) in [4.78, 5) is 12.7. The number of nitrogens with one attached hydrogen (secondary N) is 3. The average Bonchev–Trinajstić information content (AvgIpc) is 3.22. The molecule has 2 fully saturated rings. The largest absolute Gasteiger partial charge is 0.354 e. The number of nitrogens with zero attached hydrogens (tertiary/aromatic N) is 2. The zero-order valence-corrected chi connectivity index (χ0v) is 15.7. The lowest BCUT2D eigenvalue weighted by atomic mass is 9.98. The summed E-state index contributed by atoms with van der Waals surface area (Å²) in [5.74, 6) is -0.341. The maximum atomic E-state index is 12.9. The number of rotatable bonds is 5. The molecule has 0 bridgehead atoms. The summed E-state index contributed by atoms with van der Waals surface area (Å²) in [5.41, 5.74) is 1.01. The number of piperidine rings is 1. The zero-order chi connectivity index (χ0) is 18.0. The molecule has 2 unspecified atom stereocenters. The number of hydrogen-bond acceptors (Lipinski definition) is 5. The highest BCUT2D eigenvalue weighted by Gasteiger charge is 2.35. The first-order chi connectivity index (χ1) is 11.9. The van der Waals surface area contributed by atoms with Crippen LogP contribution in [0.4, 0.5) is 0 Å².